The number of nitrogens with one attached hydrogen (secondary N) is 1. The molecule has 1 aromatic carbocycles. The van der Waals surface area contributed by atoms with Crippen LogP contribution < -0.4 is 5.32 Å². The van der Waals surface area contributed by atoms with Crippen molar-refractivity contribution in [3.63, 3.8) is 0 Å². The summed E-state index contributed by atoms with van der Waals surface area (Å²) in [6, 6.07) is 11.4. The Morgan fingerprint density at radius 1 is 1.16 bits per heavy atom. The molecule has 0 amide bonds. The molecule has 0 heterocycles. The second kappa shape index (κ2) is 8.65. The maximum Gasteiger partial charge on any atom is 0.0320 e. The zero-order chi connectivity index (χ0) is 14.1. The Balaban J connectivity index is 2.59. The van der Waals surface area contributed by atoms with Crippen molar-refractivity contribution in [3.05, 3.63) is 35.9 Å². The molecule has 1 atom stereocenters. The molecule has 0 aliphatic heterocycles. The molecule has 0 fully saturated rings. The van der Waals surface area contributed by atoms with E-state index in [9.17, 15) is 0 Å². The van der Waals surface area contributed by atoms with E-state index in [0.29, 0.717) is 10.8 Å². The number of rotatable bonds is 9. The lowest BCUT2D eigenvalue weighted by Crippen LogP contribution is -2.34. The normalized spacial score (nSPS) is 13.5. The van der Waals surface area contributed by atoms with E-state index in [-0.39, 0.29) is 0 Å². The molecule has 108 valence electrons. The van der Waals surface area contributed by atoms with E-state index >= 15 is 0 Å². The van der Waals surface area contributed by atoms with Crippen molar-refractivity contribution in [1.29, 1.82) is 0 Å². The predicted molar refractivity (Wildman–Crippen MR) is 88.9 cm³/mol. The topological polar surface area (TPSA) is 12.0 Å². The SMILES string of the molecule is CCCCCC(NCC(C)(C)SC)c1ccccc1. The van der Waals surface area contributed by atoms with Gasteiger partial charge in [-0.25, -0.2) is 0 Å². The van der Waals surface area contributed by atoms with Crippen LogP contribution >= 0.6 is 11.8 Å². The van der Waals surface area contributed by atoms with Gasteiger partial charge in [-0.1, -0.05) is 56.5 Å². The Bertz CT molecular complexity index is 334. The molecule has 0 radical (unpaired) electrons. The lowest BCUT2D eigenvalue weighted by atomic mass is 10.00. The first-order valence-corrected chi connectivity index (χ1v) is 8.65. The average Bonchev–Trinajstić information content (AvgIpc) is 2.43. The summed E-state index contributed by atoms with van der Waals surface area (Å²) in [4.78, 5) is 0. The Labute approximate surface area is 123 Å². The first-order chi connectivity index (χ1) is 9.09. The first-order valence-electron chi connectivity index (χ1n) is 7.42. The van der Waals surface area contributed by atoms with Gasteiger partial charge in [-0.2, -0.15) is 11.8 Å². The minimum Gasteiger partial charge on any atom is -0.309 e. The number of hydrogen-bond acceptors (Lipinski definition) is 2. The van der Waals surface area contributed by atoms with Gasteiger partial charge in [0.1, 0.15) is 0 Å². The molecule has 2 heteroatoms. The van der Waals surface area contributed by atoms with Crippen LogP contribution in [0, 0.1) is 0 Å². The number of benzene rings is 1. The predicted octanol–water partition coefficient (Wildman–Crippen LogP) is 5.04. The van der Waals surface area contributed by atoms with Gasteiger partial charge in [0.2, 0.25) is 0 Å². The molecule has 0 saturated carbocycles. The fourth-order valence-electron chi connectivity index (χ4n) is 2.11. The van der Waals surface area contributed by atoms with E-state index in [1.165, 1.54) is 31.2 Å². The van der Waals surface area contributed by atoms with Crippen LogP contribution in [0.25, 0.3) is 0 Å². The van der Waals surface area contributed by atoms with E-state index in [2.05, 4.69) is 62.7 Å². The van der Waals surface area contributed by atoms with Crippen LogP contribution in [0.3, 0.4) is 0 Å². The Morgan fingerprint density at radius 2 is 1.84 bits per heavy atom. The van der Waals surface area contributed by atoms with Crippen molar-refractivity contribution >= 4 is 11.8 Å². The van der Waals surface area contributed by atoms with Crippen LogP contribution in [0.15, 0.2) is 30.3 Å². The molecule has 1 rings (SSSR count). The molecule has 0 aliphatic carbocycles. The quantitative estimate of drug-likeness (QED) is 0.636. The highest BCUT2D eigenvalue weighted by Gasteiger charge is 2.18. The molecule has 1 unspecified atom stereocenters. The molecular formula is C17H29NS. The van der Waals surface area contributed by atoms with Gasteiger partial charge in [0, 0.05) is 17.3 Å². The van der Waals surface area contributed by atoms with Crippen LogP contribution in [0.1, 0.15) is 58.1 Å². The Kier molecular flexibility index (Phi) is 7.55. The molecule has 0 aromatic heterocycles. The van der Waals surface area contributed by atoms with Gasteiger partial charge in [0.15, 0.2) is 0 Å². The van der Waals surface area contributed by atoms with Gasteiger partial charge in [-0.05, 0) is 32.1 Å². The minimum absolute atomic E-state index is 0.303. The summed E-state index contributed by atoms with van der Waals surface area (Å²) in [6.07, 6.45) is 7.36. The van der Waals surface area contributed by atoms with Crippen LogP contribution in [0.5, 0.6) is 0 Å². The number of hydrogen-bond donors (Lipinski definition) is 1. The molecule has 1 aromatic rings. The van der Waals surface area contributed by atoms with E-state index < -0.39 is 0 Å². The van der Waals surface area contributed by atoms with Crippen molar-refractivity contribution in [2.75, 3.05) is 12.8 Å². The maximum atomic E-state index is 3.77. The van der Waals surface area contributed by atoms with Crippen molar-refractivity contribution in [2.24, 2.45) is 0 Å². The fourth-order valence-corrected chi connectivity index (χ4v) is 2.34. The van der Waals surface area contributed by atoms with Gasteiger partial charge in [-0.3, -0.25) is 0 Å². The van der Waals surface area contributed by atoms with Gasteiger partial charge < -0.3 is 5.32 Å². The van der Waals surface area contributed by atoms with Crippen LogP contribution in [0.2, 0.25) is 0 Å². The Morgan fingerprint density at radius 3 is 2.42 bits per heavy atom. The van der Waals surface area contributed by atoms with Crippen molar-refractivity contribution in [2.45, 2.75) is 57.2 Å². The third-order valence-corrected chi connectivity index (χ3v) is 4.87. The third-order valence-electron chi connectivity index (χ3n) is 3.63. The lowest BCUT2D eigenvalue weighted by Gasteiger charge is -2.27. The molecule has 19 heavy (non-hydrogen) atoms. The van der Waals surface area contributed by atoms with Crippen LogP contribution in [-0.4, -0.2) is 17.5 Å². The fraction of sp³-hybridized carbons (Fsp3) is 0.647. The molecule has 1 nitrogen and oxygen atoms in total. The first kappa shape index (κ1) is 16.6. The third kappa shape index (κ3) is 6.49. The van der Waals surface area contributed by atoms with E-state index in [4.69, 9.17) is 0 Å². The summed E-state index contributed by atoms with van der Waals surface area (Å²) in [5, 5.41) is 3.77. The molecule has 0 spiro atoms. The molecular weight excluding hydrogens is 250 g/mol. The van der Waals surface area contributed by atoms with Crippen molar-refractivity contribution in [3.8, 4) is 0 Å². The van der Waals surface area contributed by atoms with Gasteiger partial charge >= 0.3 is 0 Å². The zero-order valence-corrected chi connectivity index (χ0v) is 13.7. The van der Waals surface area contributed by atoms with Gasteiger partial charge in [0.05, 0.1) is 0 Å². The molecule has 1 N–H and O–H groups in total. The number of thioether (sulfide) groups is 1. The summed E-state index contributed by atoms with van der Waals surface area (Å²) in [6.45, 7) is 7.93. The Hall–Kier alpha value is -0.470. The second-order valence-electron chi connectivity index (χ2n) is 5.80. The standard InChI is InChI=1S/C17H29NS/c1-5-6-8-13-16(15-11-9-7-10-12-15)18-14-17(2,3)19-4/h7,9-12,16,18H,5-6,8,13-14H2,1-4H3. The van der Waals surface area contributed by atoms with Crippen molar-refractivity contribution in [1.82, 2.24) is 5.32 Å². The summed E-state index contributed by atoms with van der Waals surface area (Å²) >= 11 is 1.93. The second-order valence-corrected chi connectivity index (χ2v) is 7.32. The number of unbranched alkanes of at least 4 members (excludes halogenated alkanes) is 2. The van der Waals surface area contributed by atoms with Crippen molar-refractivity contribution < 1.29 is 0 Å². The summed E-state index contributed by atoms with van der Waals surface area (Å²) < 4.78 is 0.303. The maximum absolute atomic E-state index is 3.77. The van der Waals surface area contributed by atoms with Gasteiger partial charge in [-0.15, -0.1) is 0 Å². The van der Waals surface area contributed by atoms with Gasteiger partial charge in [0.25, 0.3) is 0 Å². The summed E-state index contributed by atoms with van der Waals surface area (Å²) in [7, 11) is 0. The highest BCUT2D eigenvalue weighted by molar-refractivity contribution is 7.99. The molecule has 0 saturated heterocycles. The minimum atomic E-state index is 0.303. The monoisotopic (exact) mass is 279 g/mol. The van der Waals surface area contributed by atoms with E-state index in [1.807, 2.05) is 11.8 Å². The average molecular weight is 279 g/mol. The zero-order valence-electron chi connectivity index (χ0n) is 12.9. The highest BCUT2D eigenvalue weighted by atomic mass is 32.2. The highest BCUT2D eigenvalue weighted by Crippen LogP contribution is 2.24. The molecule has 0 bridgehead atoms. The van der Waals surface area contributed by atoms with Crippen LogP contribution in [-0.2, 0) is 0 Å². The van der Waals surface area contributed by atoms with Crippen LogP contribution in [0.4, 0.5) is 0 Å². The van der Waals surface area contributed by atoms with E-state index in [1.54, 1.807) is 0 Å². The smallest absolute Gasteiger partial charge is 0.0320 e. The lowest BCUT2D eigenvalue weighted by molar-refractivity contribution is 0.452. The molecule has 0 aliphatic rings. The summed E-state index contributed by atoms with van der Waals surface area (Å²) in [5.74, 6) is 0. The largest absolute Gasteiger partial charge is 0.309 e. The van der Waals surface area contributed by atoms with E-state index in [0.717, 1.165) is 6.54 Å². The summed E-state index contributed by atoms with van der Waals surface area (Å²) in [5.41, 5.74) is 1.43.